The van der Waals surface area contributed by atoms with Crippen molar-refractivity contribution in [3.63, 3.8) is 0 Å². The van der Waals surface area contributed by atoms with Crippen LogP contribution in [0.3, 0.4) is 0 Å². The molecule has 4 rings (SSSR count). The van der Waals surface area contributed by atoms with E-state index in [0.717, 1.165) is 26.3 Å². The van der Waals surface area contributed by atoms with Crippen LogP contribution in [0.25, 0.3) is 0 Å². The molecule has 1 aromatic carbocycles. The highest BCUT2D eigenvalue weighted by molar-refractivity contribution is 5.98. The molecule has 0 unspecified atom stereocenters. The molecule has 0 atom stereocenters. The summed E-state index contributed by atoms with van der Waals surface area (Å²) in [5.41, 5.74) is 3.25. The molecule has 3 aliphatic rings. The van der Waals surface area contributed by atoms with Gasteiger partial charge in [-0.3, -0.25) is 9.89 Å². The average Bonchev–Trinajstić information content (AvgIpc) is 2.95. The third kappa shape index (κ3) is 2.05. The SMILES string of the molecule is c1ccc2c(c1)CC1(CCCC1)NC2=[N+]1CCOCC1. The first-order valence-electron chi connectivity index (χ1n) is 7.92. The second kappa shape index (κ2) is 4.88. The van der Waals surface area contributed by atoms with Crippen molar-refractivity contribution in [1.82, 2.24) is 5.32 Å². The summed E-state index contributed by atoms with van der Waals surface area (Å²) in [6.45, 7) is 3.71. The van der Waals surface area contributed by atoms with Crippen molar-refractivity contribution in [1.29, 1.82) is 0 Å². The predicted octanol–water partition coefficient (Wildman–Crippen LogP) is 1.93. The van der Waals surface area contributed by atoms with Crippen LogP contribution in [0.5, 0.6) is 0 Å². The Morgan fingerprint density at radius 3 is 2.60 bits per heavy atom. The molecule has 1 saturated carbocycles. The van der Waals surface area contributed by atoms with Crippen molar-refractivity contribution >= 4 is 5.84 Å². The van der Waals surface area contributed by atoms with Crippen molar-refractivity contribution in [3.8, 4) is 0 Å². The fraction of sp³-hybridized carbons (Fsp3) is 0.588. The fourth-order valence-corrected chi connectivity index (χ4v) is 4.02. The molecule has 0 bridgehead atoms. The van der Waals surface area contributed by atoms with E-state index in [1.165, 1.54) is 49.1 Å². The molecule has 2 aliphatic heterocycles. The Balaban J connectivity index is 1.80. The van der Waals surface area contributed by atoms with Gasteiger partial charge in [0.05, 0.1) is 18.8 Å². The number of amidine groups is 1. The highest BCUT2D eigenvalue weighted by Gasteiger charge is 2.44. The number of hydrogen-bond acceptors (Lipinski definition) is 1. The minimum atomic E-state index is 0.321. The van der Waals surface area contributed by atoms with Gasteiger partial charge in [-0.25, -0.2) is 0 Å². The molecule has 1 spiro atoms. The highest BCUT2D eigenvalue weighted by atomic mass is 16.5. The molecule has 0 aromatic heterocycles. The number of rotatable bonds is 0. The smallest absolute Gasteiger partial charge is 0.277 e. The molecule has 3 nitrogen and oxygen atoms in total. The van der Waals surface area contributed by atoms with E-state index in [4.69, 9.17) is 4.74 Å². The number of hydrogen-bond donors (Lipinski definition) is 1. The molecule has 106 valence electrons. The molecular weight excluding hydrogens is 248 g/mol. The minimum absolute atomic E-state index is 0.321. The Morgan fingerprint density at radius 2 is 1.80 bits per heavy atom. The lowest BCUT2D eigenvalue weighted by Gasteiger charge is -2.34. The summed E-state index contributed by atoms with van der Waals surface area (Å²) in [4.78, 5) is 0. The summed E-state index contributed by atoms with van der Waals surface area (Å²) in [6.07, 6.45) is 6.55. The van der Waals surface area contributed by atoms with E-state index in [-0.39, 0.29) is 0 Å². The molecule has 1 aliphatic carbocycles. The van der Waals surface area contributed by atoms with E-state index in [1.54, 1.807) is 0 Å². The lowest BCUT2D eigenvalue weighted by molar-refractivity contribution is -0.551. The zero-order valence-corrected chi connectivity index (χ0v) is 12.0. The van der Waals surface area contributed by atoms with Crippen LogP contribution >= 0.6 is 0 Å². The van der Waals surface area contributed by atoms with Gasteiger partial charge in [0, 0.05) is 6.42 Å². The van der Waals surface area contributed by atoms with Crippen molar-refractivity contribution in [3.05, 3.63) is 35.4 Å². The zero-order chi connectivity index (χ0) is 13.4. The molecule has 1 aromatic rings. The number of fused-ring (bicyclic) bond motifs is 1. The summed E-state index contributed by atoms with van der Waals surface area (Å²) < 4.78 is 8.00. The molecule has 20 heavy (non-hydrogen) atoms. The van der Waals surface area contributed by atoms with Gasteiger partial charge >= 0.3 is 0 Å². The minimum Gasteiger partial charge on any atom is -0.373 e. The van der Waals surface area contributed by atoms with Crippen LogP contribution in [0.2, 0.25) is 0 Å². The van der Waals surface area contributed by atoms with Gasteiger partial charge in [-0.05, 0) is 37.3 Å². The Kier molecular flexibility index (Phi) is 3.03. The van der Waals surface area contributed by atoms with Gasteiger partial charge in [-0.2, -0.15) is 0 Å². The predicted molar refractivity (Wildman–Crippen MR) is 79.4 cm³/mol. The van der Waals surface area contributed by atoms with Crippen LogP contribution < -0.4 is 5.32 Å². The maximum Gasteiger partial charge on any atom is 0.277 e. The molecule has 1 saturated heterocycles. The Hall–Kier alpha value is -1.35. The summed E-state index contributed by atoms with van der Waals surface area (Å²) in [7, 11) is 0. The highest BCUT2D eigenvalue weighted by Crippen LogP contribution is 2.36. The van der Waals surface area contributed by atoms with Crippen LogP contribution in [0.4, 0.5) is 0 Å². The average molecular weight is 271 g/mol. The Bertz CT molecular complexity index is 536. The fourth-order valence-electron chi connectivity index (χ4n) is 4.02. The third-order valence-electron chi connectivity index (χ3n) is 5.07. The molecule has 3 heteroatoms. The van der Waals surface area contributed by atoms with Crippen LogP contribution in [0, 0.1) is 0 Å². The van der Waals surface area contributed by atoms with E-state index in [2.05, 4.69) is 34.2 Å². The molecule has 0 radical (unpaired) electrons. The second-order valence-corrected chi connectivity index (χ2v) is 6.39. The van der Waals surface area contributed by atoms with Crippen LogP contribution in [0.15, 0.2) is 24.3 Å². The van der Waals surface area contributed by atoms with Crippen LogP contribution in [-0.2, 0) is 11.2 Å². The monoisotopic (exact) mass is 271 g/mol. The van der Waals surface area contributed by atoms with Gasteiger partial charge in [0.25, 0.3) is 5.84 Å². The first kappa shape index (κ1) is 12.4. The number of morpholine rings is 1. The Labute approximate surface area is 120 Å². The van der Waals surface area contributed by atoms with Crippen LogP contribution in [-0.4, -0.2) is 42.3 Å². The first-order valence-corrected chi connectivity index (χ1v) is 7.92. The summed E-state index contributed by atoms with van der Waals surface area (Å²) >= 11 is 0. The van der Waals surface area contributed by atoms with Gasteiger partial charge in [0.15, 0.2) is 0 Å². The van der Waals surface area contributed by atoms with Crippen LogP contribution in [0.1, 0.15) is 36.8 Å². The largest absolute Gasteiger partial charge is 0.373 e. The lowest BCUT2D eigenvalue weighted by Crippen LogP contribution is -2.55. The number of ether oxygens (including phenoxy) is 1. The second-order valence-electron chi connectivity index (χ2n) is 6.39. The summed E-state index contributed by atoms with van der Waals surface area (Å²) in [5, 5.41) is 3.94. The van der Waals surface area contributed by atoms with E-state index < -0.39 is 0 Å². The van der Waals surface area contributed by atoms with Crippen molar-refractivity contribution in [2.75, 3.05) is 26.3 Å². The number of nitrogens with one attached hydrogen (secondary N) is 1. The lowest BCUT2D eigenvalue weighted by atomic mass is 9.83. The topological polar surface area (TPSA) is 24.3 Å². The van der Waals surface area contributed by atoms with E-state index in [1.807, 2.05) is 0 Å². The zero-order valence-electron chi connectivity index (χ0n) is 12.0. The number of benzene rings is 1. The van der Waals surface area contributed by atoms with Gasteiger partial charge < -0.3 is 4.74 Å². The van der Waals surface area contributed by atoms with E-state index >= 15 is 0 Å². The van der Waals surface area contributed by atoms with Crippen molar-refractivity contribution in [2.45, 2.75) is 37.6 Å². The molecule has 0 amide bonds. The standard InChI is InChI=1S/C17H22N2O/c1-2-6-15-14(5-1)13-17(7-3-4-8-17)18-16(15)19-9-11-20-12-10-19/h1-2,5-6H,3-4,7-13H2/p+1. The molecular formula is C17H23N2O+. The van der Waals surface area contributed by atoms with Crippen molar-refractivity contribution < 1.29 is 9.31 Å². The molecule has 2 heterocycles. The third-order valence-corrected chi connectivity index (χ3v) is 5.07. The molecule has 2 fully saturated rings. The van der Waals surface area contributed by atoms with E-state index in [0.29, 0.717) is 5.54 Å². The quantitative estimate of drug-likeness (QED) is 0.729. The van der Waals surface area contributed by atoms with E-state index in [9.17, 15) is 0 Å². The number of nitrogens with zero attached hydrogens (tertiary/aromatic N) is 1. The normalized spacial score (nSPS) is 24.6. The van der Waals surface area contributed by atoms with Gasteiger partial charge in [-0.15, -0.1) is 0 Å². The van der Waals surface area contributed by atoms with Gasteiger partial charge in [0.2, 0.25) is 0 Å². The van der Waals surface area contributed by atoms with Gasteiger partial charge in [0.1, 0.15) is 18.6 Å². The van der Waals surface area contributed by atoms with Gasteiger partial charge in [-0.1, -0.05) is 18.2 Å². The Morgan fingerprint density at radius 1 is 1.05 bits per heavy atom. The summed E-state index contributed by atoms with van der Waals surface area (Å²) in [6, 6.07) is 8.93. The summed E-state index contributed by atoms with van der Waals surface area (Å²) in [5.74, 6) is 1.36. The van der Waals surface area contributed by atoms with Crippen molar-refractivity contribution in [2.24, 2.45) is 0 Å². The molecule has 1 N–H and O–H groups in total. The first-order chi connectivity index (χ1) is 9.86. The maximum atomic E-state index is 5.51. The maximum absolute atomic E-state index is 5.51.